The fourth-order valence-electron chi connectivity index (χ4n) is 2.72. The Hall–Kier alpha value is -1.86. The number of hydrogen-bond acceptors (Lipinski definition) is 3. The summed E-state index contributed by atoms with van der Waals surface area (Å²) in [5.41, 5.74) is 2.04. The molecule has 2 aromatic carbocycles. The lowest BCUT2D eigenvalue weighted by Crippen LogP contribution is -2.08. The molecule has 0 N–H and O–H groups in total. The van der Waals surface area contributed by atoms with Crippen LogP contribution >= 0.6 is 34.2 Å². The molecular formula is C17H10ClIN2O2. The highest BCUT2D eigenvalue weighted by Gasteiger charge is 2.18. The highest BCUT2D eigenvalue weighted by Crippen LogP contribution is 2.32. The van der Waals surface area contributed by atoms with E-state index in [1.54, 1.807) is 17.8 Å². The Labute approximate surface area is 149 Å². The van der Waals surface area contributed by atoms with Crippen molar-refractivity contribution in [3.63, 3.8) is 0 Å². The molecule has 23 heavy (non-hydrogen) atoms. The van der Waals surface area contributed by atoms with Gasteiger partial charge in [-0.05, 0) is 34.7 Å². The van der Waals surface area contributed by atoms with E-state index < -0.39 is 0 Å². The first kappa shape index (κ1) is 14.7. The zero-order chi connectivity index (χ0) is 16.1. The van der Waals surface area contributed by atoms with Gasteiger partial charge in [0, 0.05) is 18.0 Å². The normalized spacial score (nSPS) is 11.4. The van der Waals surface area contributed by atoms with Crippen molar-refractivity contribution in [2.45, 2.75) is 0 Å². The van der Waals surface area contributed by atoms with Crippen molar-refractivity contribution in [3.05, 3.63) is 61.4 Å². The van der Waals surface area contributed by atoms with Crippen LogP contribution in [0.25, 0.3) is 33.2 Å². The number of hydrogen-bond donors (Lipinski definition) is 0. The first-order chi connectivity index (χ1) is 11.1. The van der Waals surface area contributed by atoms with Crippen LogP contribution in [0, 0.1) is 3.57 Å². The topological polar surface area (TPSA) is 48.0 Å². The van der Waals surface area contributed by atoms with E-state index in [1.165, 1.54) is 0 Å². The second-order valence-electron chi connectivity index (χ2n) is 5.19. The summed E-state index contributed by atoms with van der Waals surface area (Å²) in [7, 11) is 1.79. The summed E-state index contributed by atoms with van der Waals surface area (Å²) in [6.45, 7) is 0. The number of nitrogens with zero attached hydrogens (tertiary/aromatic N) is 2. The first-order valence-corrected chi connectivity index (χ1v) is 8.36. The van der Waals surface area contributed by atoms with Crippen LogP contribution in [-0.4, -0.2) is 9.78 Å². The monoisotopic (exact) mass is 436 g/mol. The van der Waals surface area contributed by atoms with Crippen molar-refractivity contribution in [3.8, 4) is 11.3 Å². The minimum atomic E-state index is -0.0510. The van der Waals surface area contributed by atoms with Crippen LogP contribution in [0.2, 0.25) is 5.15 Å². The van der Waals surface area contributed by atoms with E-state index in [2.05, 4.69) is 5.10 Å². The quantitative estimate of drug-likeness (QED) is 0.410. The summed E-state index contributed by atoms with van der Waals surface area (Å²) in [4.78, 5) is 12.8. The van der Waals surface area contributed by atoms with Crippen molar-refractivity contribution in [2.24, 2.45) is 7.05 Å². The van der Waals surface area contributed by atoms with Gasteiger partial charge in [0.05, 0.1) is 5.39 Å². The van der Waals surface area contributed by atoms with Crippen LogP contribution < -0.4 is 5.43 Å². The number of halogens is 2. The van der Waals surface area contributed by atoms with Crippen LogP contribution in [-0.2, 0) is 7.05 Å². The summed E-state index contributed by atoms with van der Waals surface area (Å²) in [5.74, 6) is 0.563. The van der Waals surface area contributed by atoms with Gasteiger partial charge in [-0.15, -0.1) is 0 Å². The van der Waals surface area contributed by atoms with Crippen molar-refractivity contribution in [1.29, 1.82) is 0 Å². The van der Waals surface area contributed by atoms with Crippen LogP contribution in [0.3, 0.4) is 0 Å². The Kier molecular flexibility index (Phi) is 3.42. The molecule has 4 rings (SSSR count). The van der Waals surface area contributed by atoms with E-state index >= 15 is 0 Å². The molecule has 0 aliphatic rings. The molecule has 0 saturated carbocycles. The number of aryl methyl sites for hydroxylation is 1. The van der Waals surface area contributed by atoms with E-state index in [9.17, 15) is 4.79 Å². The van der Waals surface area contributed by atoms with Gasteiger partial charge in [-0.2, -0.15) is 5.10 Å². The molecule has 0 amide bonds. The minimum Gasteiger partial charge on any atom is -0.452 e. The zero-order valence-corrected chi connectivity index (χ0v) is 14.9. The number of benzene rings is 2. The molecule has 4 nitrogen and oxygen atoms in total. The lowest BCUT2D eigenvalue weighted by Gasteiger charge is -2.07. The molecule has 0 bridgehead atoms. The maximum atomic E-state index is 12.8. The van der Waals surface area contributed by atoms with Crippen molar-refractivity contribution >= 4 is 56.1 Å². The van der Waals surface area contributed by atoms with Gasteiger partial charge in [-0.1, -0.05) is 41.9 Å². The Bertz CT molecular complexity index is 1120. The highest BCUT2D eigenvalue weighted by molar-refractivity contribution is 14.1. The molecular weight excluding hydrogens is 427 g/mol. The second kappa shape index (κ2) is 5.35. The highest BCUT2D eigenvalue weighted by atomic mass is 127. The maximum Gasteiger partial charge on any atom is 0.206 e. The molecule has 4 aromatic rings. The Morgan fingerprint density at radius 2 is 1.83 bits per heavy atom. The fourth-order valence-corrected chi connectivity index (χ4v) is 3.70. The summed E-state index contributed by atoms with van der Waals surface area (Å²) < 4.78 is 8.35. The molecule has 0 saturated heterocycles. The molecule has 6 heteroatoms. The predicted octanol–water partition coefficient (Wildman–Crippen LogP) is 4.60. The smallest absolute Gasteiger partial charge is 0.206 e. The standard InChI is InChI=1S/C17H10ClIN2O2/c1-21-13-10(17(18)20-21)7-8-11-14(22)12(19)15(23-16(11)13)9-5-3-2-4-6-9/h2-8H,1H3. The van der Waals surface area contributed by atoms with Gasteiger partial charge in [-0.3, -0.25) is 9.48 Å². The maximum absolute atomic E-state index is 12.8. The van der Waals surface area contributed by atoms with Crippen LogP contribution in [0.4, 0.5) is 0 Å². The predicted molar refractivity (Wildman–Crippen MR) is 99.9 cm³/mol. The molecule has 0 unspecified atom stereocenters. The molecule has 0 radical (unpaired) electrons. The fraction of sp³-hybridized carbons (Fsp3) is 0.0588. The minimum absolute atomic E-state index is 0.0510. The van der Waals surface area contributed by atoms with Gasteiger partial charge in [0.2, 0.25) is 5.43 Å². The third-order valence-electron chi connectivity index (χ3n) is 3.80. The number of aromatic nitrogens is 2. The van der Waals surface area contributed by atoms with Gasteiger partial charge in [-0.25, -0.2) is 0 Å². The lowest BCUT2D eigenvalue weighted by atomic mass is 10.1. The Balaban J connectivity index is 2.21. The molecule has 0 fully saturated rings. The van der Waals surface area contributed by atoms with E-state index in [1.807, 2.05) is 59.0 Å². The van der Waals surface area contributed by atoms with Crippen molar-refractivity contribution < 1.29 is 4.42 Å². The van der Waals surface area contributed by atoms with Crippen molar-refractivity contribution in [1.82, 2.24) is 9.78 Å². The Morgan fingerprint density at radius 1 is 1.13 bits per heavy atom. The molecule has 0 aliphatic heterocycles. The summed E-state index contributed by atoms with van der Waals surface area (Å²) in [6, 6.07) is 13.1. The molecule has 0 spiro atoms. The average molecular weight is 437 g/mol. The number of fused-ring (bicyclic) bond motifs is 3. The van der Waals surface area contributed by atoms with E-state index in [4.69, 9.17) is 16.0 Å². The lowest BCUT2D eigenvalue weighted by molar-refractivity contribution is 0.614. The third-order valence-corrected chi connectivity index (χ3v) is 5.06. The van der Waals surface area contributed by atoms with Gasteiger partial charge >= 0.3 is 0 Å². The van der Waals surface area contributed by atoms with Crippen LogP contribution in [0.5, 0.6) is 0 Å². The van der Waals surface area contributed by atoms with Gasteiger partial charge in [0.15, 0.2) is 16.5 Å². The van der Waals surface area contributed by atoms with Gasteiger partial charge in [0.25, 0.3) is 0 Å². The second-order valence-corrected chi connectivity index (χ2v) is 6.63. The third kappa shape index (κ3) is 2.18. The largest absolute Gasteiger partial charge is 0.452 e. The molecule has 2 heterocycles. The summed E-state index contributed by atoms with van der Waals surface area (Å²) >= 11 is 8.19. The molecule has 0 atom stereocenters. The Morgan fingerprint density at radius 3 is 2.57 bits per heavy atom. The zero-order valence-electron chi connectivity index (χ0n) is 12.0. The average Bonchev–Trinajstić information content (AvgIpc) is 2.86. The summed E-state index contributed by atoms with van der Waals surface area (Å²) in [5, 5.41) is 5.91. The SMILES string of the molecule is Cn1nc(Cl)c2ccc3c(=O)c(I)c(-c4ccccc4)oc3c21. The molecule has 2 aromatic heterocycles. The van der Waals surface area contributed by atoms with Crippen LogP contribution in [0.15, 0.2) is 51.7 Å². The number of rotatable bonds is 1. The summed E-state index contributed by atoms with van der Waals surface area (Å²) in [6.07, 6.45) is 0. The van der Waals surface area contributed by atoms with E-state index in [-0.39, 0.29) is 5.43 Å². The van der Waals surface area contributed by atoms with Gasteiger partial charge < -0.3 is 4.42 Å². The molecule has 0 aliphatic carbocycles. The van der Waals surface area contributed by atoms with E-state index in [0.29, 0.717) is 25.5 Å². The van der Waals surface area contributed by atoms with Gasteiger partial charge in [0.1, 0.15) is 9.09 Å². The van der Waals surface area contributed by atoms with Crippen LogP contribution in [0.1, 0.15) is 0 Å². The van der Waals surface area contributed by atoms with Crippen molar-refractivity contribution in [2.75, 3.05) is 0 Å². The molecule has 114 valence electrons. The first-order valence-electron chi connectivity index (χ1n) is 6.91. The van der Waals surface area contributed by atoms with E-state index in [0.717, 1.165) is 16.5 Å².